The number of amides is 1. The zero-order chi connectivity index (χ0) is 20.8. The van der Waals surface area contributed by atoms with Gasteiger partial charge in [-0.2, -0.15) is 0 Å². The van der Waals surface area contributed by atoms with Gasteiger partial charge in [0.25, 0.3) is 11.5 Å². The molecule has 1 amide bonds. The minimum Gasteiger partial charge on any atom is -0.497 e. The summed E-state index contributed by atoms with van der Waals surface area (Å²) in [7, 11) is 1.58. The monoisotopic (exact) mass is 397 g/mol. The maximum absolute atomic E-state index is 13.9. The molecule has 150 valence electrons. The van der Waals surface area contributed by atoms with Crippen LogP contribution < -0.4 is 21.3 Å². The molecule has 0 bridgehead atoms. The minimum absolute atomic E-state index is 0.178. The highest BCUT2D eigenvalue weighted by Crippen LogP contribution is 2.11. The molecule has 7 nitrogen and oxygen atoms in total. The smallest absolute Gasteiger partial charge is 0.328 e. The summed E-state index contributed by atoms with van der Waals surface area (Å²) in [6.45, 7) is 0.0326. The third kappa shape index (κ3) is 4.78. The fourth-order valence-corrected chi connectivity index (χ4v) is 2.82. The number of methoxy groups -OCH3 is 1. The van der Waals surface area contributed by atoms with Gasteiger partial charge in [-0.25, -0.2) is 9.18 Å². The normalized spacial score (nSPS) is 10.6. The third-order valence-corrected chi connectivity index (χ3v) is 4.45. The van der Waals surface area contributed by atoms with Crippen LogP contribution in [-0.4, -0.2) is 29.1 Å². The van der Waals surface area contributed by atoms with Crippen molar-refractivity contribution in [2.75, 3.05) is 13.7 Å². The molecule has 0 spiro atoms. The van der Waals surface area contributed by atoms with Gasteiger partial charge in [0.2, 0.25) is 0 Å². The summed E-state index contributed by atoms with van der Waals surface area (Å²) in [6.07, 6.45) is 1.63. The summed E-state index contributed by atoms with van der Waals surface area (Å²) in [5, 5.41) is 2.66. The van der Waals surface area contributed by atoms with Crippen molar-refractivity contribution < 1.29 is 13.9 Å². The van der Waals surface area contributed by atoms with Gasteiger partial charge >= 0.3 is 5.69 Å². The van der Waals surface area contributed by atoms with E-state index in [0.717, 1.165) is 22.1 Å². The number of nitrogens with one attached hydrogen (secondary N) is 2. The molecule has 0 aliphatic heterocycles. The van der Waals surface area contributed by atoms with Crippen molar-refractivity contribution in [1.29, 1.82) is 0 Å². The number of aromatic nitrogens is 2. The lowest BCUT2D eigenvalue weighted by molar-refractivity contribution is 0.0951. The zero-order valence-electron chi connectivity index (χ0n) is 15.8. The molecular formula is C21H20FN3O4. The van der Waals surface area contributed by atoms with E-state index in [2.05, 4.69) is 10.3 Å². The van der Waals surface area contributed by atoms with E-state index in [-0.39, 0.29) is 17.7 Å². The fourth-order valence-electron chi connectivity index (χ4n) is 2.82. The number of carbonyl (C=O) groups excluding carboxylic acids is 1. The number of nitrogens with zero attached hydrogens (tertiary/aromatic N) is 1. The summed E-state index contributed by atoms with van der Waals surface area (Å²) in [6, 6.07) is 13.2. The van der Waals surface area contributed by atoms with Crippen LogP contribution >= 0.6 is 0 Å². The molecule has 29 heavy (non-hydrogen) atoms. The van der Waals surface area contributed by atoms with Crippen molar-refractivity contribution in [2.45, 2.75) is 13.0 Å². The van der Waals surface area contributed by atoms with E-state index in [1.54, 1.807) is 13.2 Å². The van der Waals surface area contributed by atoms with Gasteiger partial charge in [-0.15, -0.1) is 0 Å². The van der Waals surface area contributed by atoms with Crippen LogP contribution in [0.1, 0.15) is 21.5 Å². The lowest BCUT2D eigenvalue weighted by atomic mass is 10.1. The third-order valence-electron chi connectivity index (χ3n) is 4.45. The quantitative estimate of drug-likeness (QED) is 0.635. The first-order valence-electron chi connectivity index (χ1n) is 8.96. The van der Waals surface area contributed by atoms with Crippen molar-refractivity contribution >= 4 is 5.91 Å². The number of hydrogen-bond donors (Lipinski definition) is 2. The average molecular weight is 397 g/mol. The van der Waals surface area contributed by atoms with E-state index in [4.69, 9.17) is 4.74 Å². The Morgan fingerprint density at radius 2 is 1.86 bits per heavy atom. The van der Waals surface area contributed by atoms with Gasteiger partial charge in [0.05, 0.1) is 13.7 Å². The number of halogens is 1. The van der Waals surface area contributed by atoms with Crippen LogP contribution in [0.2, 0.25) is 0 Å². The van der Waals surface area contributed by atoms with Gasteiger partial charge in [0.1, 0.15) is 17.1 Å². The first-order chi connectivity index (χ1) is 14.0. The van der Waals surface area contributed by atoms with Gasteiger partial charge in [-0.05, 0) is 30.2 Å². The second-order valence-corrected chi connectivity index (χ2v) is 6.34. The highest BCUT2D eigenvalue weighted by Gasteiger charge is 2.15. The molecule has 2 aromatic carbocycles. The summed E-state index contributed by atoms with van der Waals surface area (Å²) in [5.74, 6) is -0.406. The number of ether oxygens (including phenoxy) is 1. The zero-order valence-corrected chi connectivity index (χ0v) is 15.8. The van der Waals surface area contributed by atoms with Crippen molar-refractivity contribution in [3.63, 3.8) is 0 Å². The van der Waals surface area contributed by atoms with Crippen LogP contribution in [0.4, 0.5) is 4.39 Å². The molecule has 0 saturated carbocycles. The summed E-state index contributed by atoms with van der Waals surface area (Å²) < 4.78 is 19.8. The van der Waals surface area contributed by atoms with Crippen LogP contribution in [-0.2, 0) is 13.0 Å². The maximum Gasteiger partial charge on any atom is 0.328 e. The highest BCUT2D eigenvalue weighted by molar-refractivity contribution is 5.93. The van der Waals surface area contributed by atoms with E-state index in [1.807, 2.05) is 24.3 Å². The SMILES string of the molecule is COc1ccc(CCNC(=O)c2c[nH]c(=O)n(Cc3ccccc3F)c2=O)cc1. The molecule has 0 aliphatic carbocycles. The Hall–Kier alpha value is -3.68. The van der Waals surface area contributed by atoms with E-state index in [0.29, 0.717) is 13.0 Å². The maximum atomic E-state index is 13.9. The largest absolute Gasteiger partial charge is 0.497 e. The first kappa shape index (κ1) is 20.1. The molecule has 3 rings (SSSR count). The van der Waals surface area contributed by atoms with E-state index < -0.39 is 23.0 Å². The summed E-state index contributed by atoms with van der Waals surface area (Å²) >= 11 is 0. The molecule has 0 fully saturated rings. The molecule has 1 aromatic heterocycles. The van der Waals surface area contributed by atoms with Gasteiger partial charge in [-0.3, -0.25) is 14.2 Å². The number of benzene rings is 2. The molecule has 8 heteroatoms. The van der Waals surface area contributed by atoms with Crippen molar-refractivity contribution in [3.8, 4) is 5.75 Å². The first-order valence-corrected chi connectivity index (χ1v) is 8.96. The molecule has 3 aromatic rings. The van der Waals surface area contributed by atoms with Crippen LogP contribution in [0.25, 0.3) is 0 Å². The Balaban J connectivity index is 1.71. The fraction of sp³-hybridized carbons (Fsp3) is 0.190. The molecular weight excluding hydrogens is 377 g/mol. The number of rotatable bonds is 7. The molecule has 0 atom stereocenters. The topological polar surface area (TPSA) is 93.2 Å². The molecule has 0 unspecified atom stereocenters. The summed E-state index contributed by atoms with van der Waals surface area (Å²) in [4.78, 5) is 39.4. The van der Waals surface area contributed by atoms with Crippen LogP contribution in [0.3, 0.4) is 0 Å². The van der Waals surface area contributed by atoms with Gasteiger partial charge < -0.3 is 15.0 Å². The number of H-pyrrole nitrogens is 1. The Morgan fingerprint density at radius 1 is 1.14 bits per heavy atom. The summed E-state index contributed by atoms with van der Waals surface area (Å²) in [5.41, 5.74) is -0.538. The van der Waals surface area contributed by atoms with Gasteiger partial charge in [0, 0.05) is 18.3 Å². The van der Waals surface area contributed by atoms with Gasteiger partial charge in [-0.1, -0.05) is 30.3 Å². The van der Waals surface area contributed by atoms with Crippen LogP contribution in [0, 0.1) is 5.82 Å². The van der Waals surface area contributed by atoms with Crippen molar-refractivity contribution in [1.82, 2.24) is 14.9 Å². The van der Waals surface area contributed by atoms with Crippen molar-refractivity contribution in [3.05, 3.63) is 98.1 Å². The van der Waals surface area contributed by atoms with Crippen LogP contribution in [0.5, 0.6) is 5.75 Å². The Kier molecular flexibility index (Phi) is 6.23. The second kappa shape index (κ2) is 9.01. The predicted octanol–water partition coefficient (Wildman–Crippen LogP) is 1.71. The van der Waals surface area contributed by atoms with E-state index in [1.165, 1.54) is 18.2 Å². The van der Waals surface area contributed by atoms with Gasteiger partial charge in [0.15, 0.2) is 0 Å². The Labute approximate surface area is 165 Å². The predicted molar refractivity (Wildman–Crippen MR) is 106 cm³/mol. The Bertz CT molecular complexity index is 1120. The number of carbonyl (C=O) groups is 1. The average Bonchev–Trinajstić information content (AvgIpc) is 2.73. The number of hydrogen-bond acceptors (Lipinski definition) is 4. The lowest BCUT2D eigenvalue weighted by Gasteiger charge is -2.09. The van der Waals surface area contributed by atoms with Crippen molar-refractivity contribution in [2.24, 2.45) is 0 Å². The lowest BCUT2D eigenvalue weighted by Crippen LogP contribution is -2.41. The second-order valence-electron chi connectivity index (χ2n) is 6.34. The molecule has 1 heterocycles. The van der Waals surface area contributed by atoms with E-state index >= 15 is 0 Å². The number of aromatic amines is 1. The Morgan fingerprint density at radius 3 is 2.55 bits per heavy atom. The molecule has 0 radical (unpaired) electrons. The highest BCUT2D eigenvalue weighted by atomic mass is 19.1. The molecule has 0 saturated heterocycles. The molecule has 2 N–H and O–H groups in total. The minimum atomic E-state index is -0.779. The standard InChI is InChI=1S/C21H20FN3O4/c1-29-16-8-6-14(7-9-16)10-11-23-19(26)17-12-24-21(28)25(20(17)27)13-15-4-2-3-5-18(15)22/h2-9,12H,10-11,13H2,1H3,(H,23,26)(H,24,28). The molecule has 0 aliphatic rings. The van der Waals surface area contributed by atoms with Crippen LogP contribution in [0.15, 0.2) is 64.3 Å². The van der Waals surface area contributed by atoms with E-state index in [9.17, 15) is 18.8 Å².